The summed E-state index contributed by atoms with van der Waals surface area (Å²) in [6, 6.07) is 21.5. The molecule has 5 nitrogen and oxygen atoms in total. The first-order valence-corrected chi connectivity index (χ1v) is 10.9. The Morgan fingerprint density at radius 3 is 2.21 bits per heavy atom. The van der Waals surface area contributed by atoms with E-state index in [1.54, 1.807) is 36.4 Å². The second-order valence-electron chi connectivity index (χ2n) is 6.65. The molecule has 0 spiro atoms. The highest BCUT2D eigenvalue weighted by atomic mass is 35.5. The van der Waals surface area contributed by atoms with E-state index >= 15 is 0 Å². The van der Waals surface area contributed by atoms with Gasteiger partial charge in [-0.15, -0.1) is 0 Å². The van der Waals surface area contributed by atoms with Crippen LogP contribution in [-0.4, -0.2) is 20.4 Å². The minimum atomic E-state index is -3.89. The van der Waals surface area contributed by atoms with Gasteiger partial charge in [0.05, 0.1) is 15.6 Å². The van der Waals surface area contributed by atoms with Gasteiger partial charge in [0.2, 0.25) is 15.9 Å². The molecular weight excluding hydrogens is 408 g/mol. The van der Waals surface area contributed by atoms with Gasteiger partial charge in [-0.1, -0.05) is 71.8 Å². The van der Waals surface area contributed by atoms with E-state index in [0.29, 0.717) is 10.7 Å². The Morgan fingerprint density at radius 1 is 0.931 bits per heavy atom. The minimum Gasteiger partial charge on any atom is -0.323 e. The molecule has 0 radical (unpaired) electrons. The maximum Gasteiger partial charge on any atom is 0.242 e. The molecule has 0 bridgehead atoms. The molecule has 3 rings (SSSR count). The van der Waals surface area contributed by atoms with Crippen LogP contribution in [0, 0.1) is 6.92 Å². The number of benzene rings is 3. The highest BCUT2D eigenvalue weighted by Gasteiger charge is 2.26. The summed E-state index contributed by atoms with van der Waals surface area (Å²) >= 11 is 6.12. The molecule has 0 unspecified atom stereocenters. The number of halogens is 1. The Kier molecular flexibility index (Phi) is 6.69. The first kappa shape index (κ1) is 21.0. The number of anilines is 1. The van der Waals surface area contributed by atoms with Crippen molar-refractivity contribution in [1.82, 2.24) is 4.72 Å². The van der Waals surface area contributed by atoms with E-state index in [0.717, 1.165) is 11.1 Å². The van der Waals surface area contributed by atoms with E-state index in [2.05, 4.69) is 10.0 Å². The highest BCUT2D eigenvalue weighted by molar-refractivity contribution is 7.89. The largest absolute Gasteiger partial charge is 0.323 e. The Bertz CT molecular complexity index is 1080. The van der Waals surface area contributed by atoms with Crippen LogP contribution in [0.4, 0.5) is 5.69 Å². The number of rotatable bonds is 7. The molecule has 7 heteroatoms. The molecule has 2 N–H and O–H groups in total. The Balaban J connectivity index is 1.87. The van der Waals surface area contributed by atoms with Crippen LogP contribution in [0.2, 0.25) is 5.02 Å². The summed E-state index contributed by atoms with van der Waals surface area (Å²) in [4.78, 5) is 13.0. The summed E-state index contributed by atoms with van der Waals surface area (Å²) in [5.74, 6) is -0.488. The van der Waals surface area contributed by atoms with Crippen molar-refractivity contribution in [1.29, 1.82) is 0 Å². The Labute approximate surface area is 175 Å². The fourth-order valence-electron chi connectivity index (χ4n) is 2.79. The third-order valence-electron chi connectivity index (χ3n) is 4.36. The number of sulfonamides is 1. The van der Waals surface area contributed by atoms with E-state index in [9.17, 15) is 13.2 Å². The molecule has 0 saturated carbocycles. The number of aryl methyl sites for hydroxylation is 1. The molecule has 3 aromatic rings. The van der Waals surface area contributed by atoms with E-state index in [-0.39, 0.29) is 11.3 Å². The lowest BCUT2D eigenvalue weighted by molar-refractivity contribution is -0.117. The van der Waals surface area contributed by atoms with Crippen LogP contribution in [0.3, 0.4) is 0 Å². The maximum atomic E-state index is 12.9. The van der Waals surface area contributed by atoms with Crippen molar-refractivity contribution in [3.63, 3.8) is 0 Å². The zero-order chi connectivity index (χ0) is 20.9. The summed E-state index contributed by atoms with van der Waals surface area (Å²) in [6.45, 7) is 1.87. The fraction of sp³-hybridized carbons (Fsp3) is 0.136. The summed E-state index contributed by atoms with van der Waals surface area (Å²) < 4.78 is 28.2. The summed E-state index contributed by atoms with van der Waals surface area (Å²) in [5, 5.41) is 3.09. The van der Waals surface area contributed by atoms with Gasteiger partial charge in [0, 0.05) is 0 Å². The van der Waals surface area contributed by atoms with Crippen LogP contribution in [0.1, 0.15) is 11.1 Å². The number of carbonyl (C=O) groups is 1. The van der Waals surface area contributed by atoms with Crippen molar-refractivity contribution in [2.75, 3.05) is 5.32 Å². The molecule has 0 aliphatic carbocycles. The lowest BCUT2D eigenvalue weighted by Crippen LogP contribution is -2.45. The molecule has 150 valence electrons. The van der Waals surface area contributed by atoms with Crippen LogP contribution < -0.4 is 10.0 Å². The number of nitrogens with one attached hydrogen (secondary N) is 2. The molecule has 0 aliphatic heterocycles. The van der Waals surface area contributed by atoms with Crippen molar-refractivity contribution in [3.05, 3.63) is 95.0 Å². The molecule has 0 heterocycles. The van der Waals surface area contributed by atoms with E-state index in [1.807, 2.05) is 37.3 Å². The van der Waals surface area contributed by atoms with Gasteiger partial charge in [-0.25, -0.2) is 8.42 Å². The lowest BCUT2D eigenvalue weighted by Gasteiger charge is -2.19. The second-order valence-corrected chi connectivity index (χ2v) is 8.77. The standard InChI is InChI=1S/C22H21ClN2O3S/c1-16-11-13-18(14-12-16)29(27,28)25-21(15-17-7-3-2-4-8-17)22(26)24-20-10-6-5-9-19(20)23/h2-14,21,25H,15H2,1H3,(H,24,26)/t21-/m0/s1. The van der Waals surface area contributed by atoms with Crippen molar-refractivity contribution >= 4 is 33.2 Å². The third kappa shape index (κ3) is 5.67. The molecule has 0 aliphatic rings. The number of hydrogen-bond donors (Lipinski definition) is 2. The number of hydrogen-bond acceptors (Lipinski definition) is 3. The third-order valence-corrected chi connectivity index (χ3v) is 6.18. The van der Waals surface area contributed by atoms with Gasteiger partial charge < -0.3 is 5.32 Å². The second kappa shape index (κ2) is 9.22. The molecule has 0 aromatic heterocycles. The van der Waals surface area contributed by atoms with Gasteiger partial charge in [0.15, 0.2) is 0 Å². The van der Waals surface area contributed by atoms with Gasteiger partial charge >= 0.3 is 0 Å². The monoisotopic (exact) mass is 428 g/mol. The van der Waals surface area contributed by atoms with Crippen molar-refractivity contribution in [2.24, 2.45) is 0 Å². The molecule has 1 atom stereocenters. The Hall–Kier alpha value is -2.67. The number of carbonyl (C=O) groups excluding carboxylic acids is 1. The van der Waals surface area contributed by atoms with Crippen LogP contribution in [0.5, 0.6) is 0 Å². The van der Waals surface area contributed by atoms with E-state index < -0.39 is 22.0 Å². The highest BCUT2D eigenvalue weighted by Crippen LogP contribution is 2.21. The molecule has 0 fully saturated rings. The smallest absolute Gasteiger partial charge is 0.242 e. The van der Waals surface area contributed by atoms with Crippen LogP contribution in [-0.2, 0) is 21.2 Å². The summed E-state index contributed by atoms with van der Waals surface area (Å²) in [5.41, 5.74) is 2.20. The average Bonchev–Trinajstić information content (AvgIpc) is 2.70. The van der Waals surface area contributed by atoms with E-state index in [4.69, 9.17) is 11.6 Å². The number of amides is 1. The van der Waals surface area contributed by atoms with Crippen LogP contribution >= 0.6 is 11.6 Å². The van der Waals surface area contributed by atoms with Crippen molar-refractivity contribution in [3.8, 4) is 0 Å². The predicted octanol–water partition coefficient (Wildman–Crippen LogP) is 4.18. The molecule has 3 aromatic carbocycles. The zero-order valence-electron chi connectivity index (χ0n) is 15.8. The van der Waals surface area contributed by atoms with E-state index in [1.165, 1.54) is 12.1 Å². The van der Waals surface area contributed by atoms with Gasteiger partial charge in [0.1, 0.15) is 6.04 Å². The topological polar surface area (TPSA) is 75.3 Å². The summed E-state index contributed by atoms with van der Waals surface area (Å²) in [6.07, 6.45) is 0.197. The molecular formula is C22H21ClN2O3S. The molecule has 0 saturated heterocycles. The lowest BCUT2D eigenvalue weighted by atomic mass is 10.1. The van der Waals surface area contributed by atoms with Crippen molar-refractivity contribution in [2.45, 2.75) is 24.3 Å². The quantitative estimate of drug-likeness (QED) is 0.592. The average molecular weight is 429 g/mol. The first-order chi connectivity index (χ1) is 13.8. The SMILES string of the molecule is Cc1ccc(S(=O)(=O)N[C@@H](Cc2ccccc2)C(=O)Nc2ccccc2Cl)cc1. The minimum absolute atomic E-state index is 0.103. The first-order valence-electron chi connectivity index (χ1n) is 9.03. The van der Waals surface area contributed by atoms with Crippen molar-refractivity contribution < 1.29 is 13.2 Å². The molecule has 1 amide bonds. The number of para-hydroxylation sites is 1. The fourth-order valence-corrected chi connectivity index (χ4v) is 4.17. The molecule has 29 heavy (non-hydrogen) atoms. The maximum absolute atomic E-state index is 12.9. The van der Waals surface area contributed by atoms with Gasteiger partial charge in [-0.2, -0.15) is 4.72 Å². The summed E-state index contributed by atoms with van der Waals surface area (Å²) in [7, 11) is -3.89. The predicted molar refractivity (Wildman–Crippen MR) is 116 cm³/mol. The van der Waals surface area contributed by atoms with Crippen LogP contribution in [0.25, 0.3) is 0 Å². The normalized spacial score (nSPS) is 12.3. The van der Waals surface area contributed by atoms with Gasteiger partial charge in [-0.05, 0) is 43.2 Å². The van der Waals surface area contributed by atoms with Crippen LogP contribution in [0.15, 0.2) is 83.8 Å². The van der Waals surface area contributed by atoms with Gasteiger partial charge in [-0.3, -0.25) is 4.79 Å². The Morgan fingerprint density at radius 2 is 1.55 bits per heavy atom. The zero-order valence-corrected chi connectivity index (χ0v) is 17.4. The van der Waals surface area contributed by atoms with Gasteiger partial charge in [0.25, 0.3) is 0 Å².